The molecule has 5 nitrogen and oxygen atoms in total. The maximum absolute atomic E-state index is 12.5. The quantitative estimate of drug-likeness (QED) is 0.773. The lowest BCUT2D eigenvalue weighted by Gasteiger charge is -2.27. The molecule has 0 aliphatic heterocycles. The second kappa shape index (κ2) is 6.67. The van der Waals surface area contributed by atoms with Crippen molar-refractivity contribution in [3.63, 3.8) is 0 Å². The third-order valence-corrected chi connectivity index (χ3v) is 5.15. The largest absolute Gasteiger partial charge is 0.342 e. The van der Waals surface area contributed by atoms with Gasteiger partial charge >= 0.3 is 0 Å². The third kappa shape index (κ3) is 3.05. The minimum atomic E-state index is -0.0250. The Hall–Kier alpha value is -1.30. The molecule has 1 aromatic carbocycles. The number of carbonyl (C=O) groups excluding carboxylic acids is 1. The van der Waals surface area contributed by atoms with Crippen LogP contribution in [0.15, 0.2) is 18.2 Å². The van der Waals surface area contributed by atoms with Crippen molar-refractivity contribution in [3.8, 4) is 0 Å². The summed E-state index contributed by atoms with van der Waals surface area (Å²) in [6.45, 7) is 1.92. The fourth-order valence-corrected chi connectivity index (χ4v) is 4.17. The Morgan fingerprint density at radius 2 is 2.04 bits per heavy atom. The standard InChI is InChI=1S/C16H20N4O.2ClH/c1-8-18-12-5-4-11(7-13(12)19-8)20-16(21)14-9-2-3-10(6-9)15(14)17;;/h4-5,7,9-10,14-15H,2-3,6,17H2,1H3,(H,18,19)(H,20,21);2*1H. The number of hydrogen-bond acceptors (Lipinski definition) is 3. The molecule has 2 aliphatic rings. The average Bonchev–Trinajstić information content (AvgIpc) is 3.10. The Balaban J connectivity index is 0.000000960. The first-order valence-electron chi connectivity index (χ1n) is 7.64. The number of aromatic amines is 1. The fraction of sp³-hybridized carbons (Fsp3) is 0.500. The van der Waals surface area contributed by atoms with E-state index in [1.807, 2.05) is 25.1 Å². The van der Waals surface area contributed by atoms with E-state index in [0.29, 0.717) is 11.8 Å². The van der Waals surface area contributed by atoms with Crippen molar-refractivity contribution < 1.29 is 4.79 Å². The van der Waals surface area contributed by atoms with E-state index < -0.39 is 0 Å². The molecule has 23 heavy (non-hydrogen) atoms. The van der Waals surface area contributed by atoms with Crippen molar-refractivity contribution in [1.82, 2.24) is 9.97 Å². The topological polar surface area (TPSA) is 83.8 Å². The first-order chi connectivity index (χ1) is 10.1. The Morgan fingerprint density at radius 3 is 2.74 bits per heavy atom. The Kier molecular flexibility index (Phi) is 5.23. The number of nitrogens with two attached hydrogens (primary N) is 1. The summed E-state index contributed by atoms with van der Waals surface area (Å²) in [4.78, 5) is 20.1. The molecule has 7 heteroatoms. The summed E-state index contributed by atoms with van der Waals surface area (Å²) in [6, 6.07) is 5.79. The number of anilines is 1. The summed E-state index contributed by atoms with van der Waals surface area (Å²) in [5.74, 6) is 1.95. The molecule has 1 heterocycles. The molecular formula is C16H22Cl2N4O. The smallest absolute Gasteiger partial charge is 0.229 e. The van der Waals surface area contributed by atoms with E-state index in [-0.39, 0.29) is 42.7 Å². The van der Waals surface area contributed by atoms with Crippen LogP contribution in [0.4, 0.5) is 5.69 Å². The van der Waals surface area contributed by atoms with Gasteiger partial charge in [-0.2, -0.15) is 0 Å². The van der Waals surface area contributed by atoms with Crippen molar-refractivity contribution in [2.45, 2.75) is 32.2 Å². The van der Waals surface area contributed by atoms with Gasteiger partial charge in [-0.25, -0.2) is 4.98 Å². The molecule has 4 atom stereocenters. The molecule has 4 N–H and O–H groups in total. The van der Waals surface area contributed by atoms with Gasteiger partial charge in [-0.3, -0.25) is 4.79 Å². The van der Waals surface area contributed by atoms with Gasteiger partial charge in [-0.05, 0) is 56.2 Å². The summed E-state index contributed by atoms with van der Waals surface area (Å²) in [5, 5.41) is 3.03. The molecule has 0 spiro atoms. The summed E-state index contributed by atoms with van der Waals surface area (Å²) >= 11 is 0. The van der Waals surface area contributed by atoms with Crippen LogP contribution in [0, 0.1) is 24.7 Å². The number of nitrogens with zero attached hydrogens (tertiary/aromatic N) is 1. The lowest BCUT2D eigenvalue weighted by Crippen LogP contribution is -2.42. The number of amides is 1. The van der Waals surface area contributed by atoms with Gasteiger partial charge in [0.05, 0.1) is 17.0 Å². The Bertz CT molecular complexity index is 715. The van der Waals surface area contributed by atoms with E-state index >= 15 is 0 Å². The van der Waals surface area contributed by atoms with Gasteiger partial charge < -0.3 is 16.0 Å². The van der Waals surface area contributed by atoms with E-state index in [2.05, 4.69) is 15.3 Å². The van der Waals surface area contributed by atoms with Gasteiger partial charge in [0, 0.05) is 11.7 Å². The number of halogens is 2. The Morgan fingerprint density at radius 1 is 1.30 bits per heavy atom. The van der Waals surface area contributed by atoms with Crippen molar-refractivity contribution in [3.05, 3.63) is 24.0 Å². The zero-order valence-corrected chi connectivity index (χ0v) is 14.5. The molecule has 4 rings (SSSR count). The van der Waals surface area contributed by atoms with Gasteiger partial charge in [0.15, 0.2) is 0 Å². The summed E-state index contributed by atoms with van der Waals surface area (Å²) in [6.07, 6.45) is 3.46. The predicted octanol–water partition coefficient (Wildman–Crippen LogP) is 3.03. The van der Waals surface area contributed by atoms with Crippen molar-refractivity contribution in [1.29, 1.82) is 0 Å². The molecule has 4 unspecified atom stereocenters. The highest BCUT2D eigenvalue weighted by Gasteiger charge is 2.49. The summed E-state index contributed by atoms with van der Waals surface area (Å²) < 4.78 is 0. The van der Waals surface area contributed by atoms with Gasteiger partial charge in [-0.15, -0.1) is 24.8 Å². The fourth-order valence-electron chi connectivity index (χ4n) is 4.17. The van der Waals surface area contributed by atoms with E-state index in [0.717, 1.165) is 35.4 Å². The molecule has 2 aromatic rings. The van der Waals surface area contributed by atoms with Crippen LogP contribution in [-0.4, -0.2) is 21.9 Å². The number of fused-ring (bicyclic) bond motifs is 3. The zero-order chi connectivity index (χ0) is 14.6. The maximum atomic E-state index is 12.5. The van der Waals surface area contributed by atoms with Gasteiger partial charge in [-0.1, -0.05) is 0 Å². The summed E-state index contributed by atoms with van der Waals surface area (Å²) in [5.41, 5.74) is 8.91. The molecule has 0 saturated heterocycles. The van der Waals surface area contributed by atoms with Crippen LogP contribution in [0.3, 0.4) is 0 Å². The molecule has 2 saturated carbocycles. The van der Waals surface area contributed by atoms with Crippen LogP contribution < -0.4 is 11.1 Å². The SMILES string of the molecule is Cc1nc2ccc(NC(=O)C3C4CCC(C4)C3N)cc2[nH]1.Cl.Cl. The monoisotopic (exact) mass is 356 g/mol. The van der Waals surface area contributed by atoms with Crippen LogP contribution in [0.2, 0.25) is 0 Å². The van der Waals surface area contributed by atoms with E-state index in [1.165, 1.54) is 6.42 Å². The molecule has 2 bridgehead atoms. The predicted molar refractivity (Wildman–Crippen MR) is 96.3 cm³/mol. The summed E-state index contributed by atoms with van der Waals surface area (Å²) in [7, 11) is 0. The molecule has 2 fully saturated rings. The van der Waals surface area contributed by atoms with E-state index in [1.54, 1.807) is 0 Å². The second-order valence-electron chi connectivity index (χ2n) is 6.48. The van der Waals surface area contributed by atoms with Gasteiger partial charge in [0.25, 0.3) is 0 Å². The lowest BCUT2D eigenvalue weighted by atomic mass is 9.84. The first kappa shape index (κ1) is 18.0. The van der Waals surface area contributed by atoms with E-state index in [9.17, 15) is 4.79 Å². The molecular weight excluding hydrogens is 335 g/mol. The molecule has 2 aliphatic carbocycles. The number of benzene rings is 1. The van der Waals surface area contributed by atoms with E-state index in [4.69, 9.17) is 5.73 Å². The molecule has 0 radical (unpaired) electrons. The molecule has 1 aromatic heterocycles. The maximum Gasteiger partial charge on any atom is 0.229 e. The minimum Gasteiger partial charge on any atom is -0.342 e. The highest BCUT2D eigenvalue weighted by Crippen LogP contribution is 2.47. The zero-order valence-electron chi connectivity index (χ0n) is 12.9. The van der Waals surface area contributed by atoms with Crippen LogP contribution in [0.1, 0.15) is 25.1 Å². The molecule has 126 valence electrons. The van der Waals surface area contributed by atoms with Crippen LogP contribution >= 0.6 is 24.8 Å². The number of aromatic nitrogens is 2. The van der Waals surface area contributed by atoms with Gasteiger partial charge in [0.2, 0.25) is 5.91 Å². The third-order valence-electron chi connectivity index (χ3n) is 5.15. The highest BCUT2D eigenvalue weighted by molar-refractivity contribution is 5.95. The number of imidazole rings is 1. The Labute approximate surface area is 147 Å². The number of hydrogen-bond donors (Lipinski definition) is 3. The minimum absolute atomic E-state index is 0. The van der Waals surface area contributed by atoms with Gasteiger partial charge in [0.1, 0.15) is 5.82 Å². The second-order valence-corrected chi connectivity index (χ2v) is 6.48. The average molecular weight is 357 g/mol. The number of rotatable bonds is 2. The number of aryl methyl sites for hydroxylation is 1. The highest BCUT2D eigenvalue weighted by atomic mass is 35.5. The number of carbonyl (C=O) groups is 1. The van der Waals surface area contributed by atoms with Crippen LogP contribution in [-0.2, 0) is 4.79 Å². The number of H-pyrrole nitrogens is 1. The van der Waals surface area contributed by atoms with Crippen LogP contribution in [0.5, 0.6) is 0 Å². The van der Waals surface area contributed by atoms with Crippen molar-refractivity contribution >= 4 is 47.4 Å². The normalized spacial score (nSPS) is 28.3. The van der Waals surface area contributed by atoms with Crippen molar-refractivity contribution in [2.75, 3.05) is 5.32 Å². The lowest BCUT2D eigenvalue weighted by molar-refractivity contribution is -0.121. The van der Waals surface area contributed by atoms with Crippen molar-refractivity contribution in [2.24, 2.45) is 23.5 Å². The first-order valence-corrected chi connectivity index (χ1v) is 7.64. The number of nitrogens with one attached hydrogen (secondary N) is 2. The van der Waals surface area contributed by atoms with Crippen LogP contribution in [0.25, 0.3) is 11.0 Å². The molecule has 1 amide bonds.